The molecule has 0 fully saturated rings. The number of pyridine rings is 2. The van der Waals surface area contributed by atoms with E-state index in [4.69, 9.17) is 4.74 Å². The van der Waals surface area contributed by atoms with E-state index in [0.29, 0.717) is 19.7 Å². The van der Waals surface area contributed by atoms with E-state index in [1.54, 1.807) is 24.4 Å². The van der Waals surface area contributed by atoms with Crippen LogP contribution in [0.4, 0.5) is 4.79 Å². The average Bonchev–Trinajstić information content (AvgIpc) is 2.63. The molecule has 0 aliphatic heterocycles. The molecule has 0 saturated carbocycles. The van der Waals surface area contributed by atoms with E-state index in [1.165, 1.54) is 0 Å². The smallest absolute Gasteiger partial charge is 0.318 e. The molecule has 25 heavy (non-hydrogen) atoms. The highest BCUT2D eigenvalue weighted by atomic mass is 16.5. The van der Waals surface area contributed by atoms with Gasteiger partial charge in [-0.2, -0.15) is 0 Å². The maximum Gasteiger partial charge on any atom is 0.318 e. The van der Waals surface area contributed by atoms with Crippen molar-refractivity contribution in [3.8, 4) is 0 Å². The zero-order valence-corrected chi connectivity index (χ0v) is 15.1. The number of hydrogen-bond donors (Lipinski definition) is 1. The number of methoxy groups -OCH3 is 1. The second-order valence-corrected chi connectivity index (χ2v) is 5.88. The first-order valence-corrected chi connectivity index (χ1v) is 8.51. The third-order valence-corrected chi connectivity index (χ3v) is 3.95. The summed E-state index contributed by atoms with van der Waals surface area (Å²) in [4.78, 5) is 23.1. The van der Waals surface area contributed by atoms with Crippen molar-refractivity contribution < 1.29 is 9.53 Å². The van der Waals surface area contributed by atoms with Gasteiger partial charge in [-0.05, 0) is 43.2 Å². The summed E-state index contributed by atoms with van der Waals surface area (Å²) in [5, 5.41) is 3.09. The average molecular weight is 342 g/mol. The highest BCUT2D eigenvalue weighted by Crippen LogP contribution is 2.15. The van der Waals surface area contributed by atoms with Crippen molar-refractivity contribution >= 4 is 6.03 Å². The Morgan fingerprint density at radius 1 is 1.28 bits per heavy atom. The van der Waals surface area contributed by atoms with Gasteiger partial charge in [-0.25, -0.2) is 4.79 Å². The van der Waals surface area contributed by atoms with Crippen LogP contribution in [-0.2, 0) is 11.3 Å². The third kappa shape index (κ3) is 5.83. The Morgan fingerprint density at radius 3 is 2.68 bits per heavy atom. The fourth-order valence-corrected chi connectivity index (χ4v) is 2.55. The van der Waals surface area contributed by atoms with Gasteiger partial charge in [-0.1, -0.05) is 13.0 Å². The van der Waals surface area contributed by atoms with Crippen molar-refractivity contribution in [3.05, 3.63) is 59.7 Å². The Bertz CT molecular complexity index is 663. The summed E-state index contributed by atoms with van der Waals surface area (Å²) in [6.07, 6.45) is 4.23. The molecule has 0 aliphatic rings. The van der Waals surface area contributed by atoms with E-state index in [0.717, 1.165) is 23.4 Å². The summed E-state index contributed by atoms with van der Waals surface area (Å²) < 4.78 is 5.15. The van der Waals surface area contributed by atoms with Crippen LogP contribution in [0.15, 0.2) is 42.7 Å². The summed E-state index contributed by atoms with van der Waals surface area (Å²) >= 11 is 0. The molecule has 2 amide bonds. The Labute approximate surface area is 149 Å². The fraction of sp³-hybridized carbons (Fsp3) is 0.421. The van der Waals surface area contributed by atoms with Gasteiger partial charge >= 0.3 is 6.03 Å². The lowest BCUT2D eigenvalue weighted by Crippen LogP contribution is -2.42. The topological polar surface area (TPSA) is 67.4 Å². The number of amides is 2. The summed E-state index contributed by atoms with van der Waals surface area (Å²) in [7, 11) is 1.63. The number of hydrogen-bond acceptors (Lipinski definition) is 4. The molecule has 6 nitrogen and oxygen atoms in total. The lowest BCUT2D eigenvalue weighted by Gasteiger charge is -2.26. The van der Waals surface area contributed by atoms with E-state index in [-0.39, 0.29) is 12.1 Å². The summed E-state index contributed by atoms with van der Waals surface area (Å²) in [6.45, 7) is 5.50. The van der Waals surface area contributed by atoms with Gasteiger partial charge in [0.25, 0.3) is 0 Å². The molecule has 2 aromatic rings. The van der Waals surface area contributed by atoms with Gasteiger partial charge in [0.1, 0.15) is 0 Å². The molecule has 134 valence electrons. The SMILES string of the molecule is CC[C@@H](NC(=O)N(CCOC)Cc1ccncc1)c1cccc(C)n1. The number of urea groups is 1. The van der Waals surface area contributed by atoms with Crippen molar-refractivity contribution in [3.63, 3.8) is 0 Å². The normalized spacial score (nSPS) is 11.8. The monoisotopic (exact) mass is 342 g/mol. The van der Waals surface area contributed by atoms with Gasteiger partial charge in [0.05, 0.1) is 18.3 Å². The van der Waals surface area contributed by atoms with Crippen molar-refractivity contribution in [1.29, 1.82) is 0 Å². The maximum atomic E-state index is 12.8. The Kier molecular flexibility index (Phi) is 7.35. The van der Waals surface area contributed by atoms with Crippen molar-refractivity contribution in [1.82, 2.24) is 20.2 Å². The molecule has 6 heteroatoms. The van der Waals surface area contributed by atoms with Gasteiger partial charge < -0.3 is 15.0 Å². The minimum Gasteiger partial charge on any atom is -0.383 e. The lowest BCUT2D eigenvalue weighted by atomic mass is 10.1. The number of aryl methyl sites for hydroxylation is 1. The quantitative estimate of drug-likeness (QED) is 0.800. The van der Waals surface area contributed by atoms with Gasteiger partial charge in [0.15, 0.2) is 0 Å². The maximum absolute atomic E-state index is 12.8. The second kappa shape index (κ2) is 9.74. The first-order chi connectivity index (χ1) is 12.1. The van der Waals surface area contributed by atoms with E-state index >= 15 is 0 Å². The molecule has 1 N–H and O–H groups in total. The molecule has 0 bridgehead atoms. The molecule has 0 spiro atoms. The van der Waals surface area contributed by atoms with E-state index in [9.17, 15) is 4.79 Å². The molecule has 0 unspecified atom stereocenters. The standard InChI is InChI=1S/C19H26N4O2/c1-4-17(18-7-5-6-15(2)21-18)22-19(24)23(12-13-25-3)14-16-8-10-20-11-9-16/h5-11,17H,4,12-14H2,1-3H3,(H,22,24)/t17-/m1/s1. The van der Waals surface area contributed by atoms with Crippen molar-refractivity contribution in [2.24, 2.45) is 0 Å². The molecule has 0 aromatic carbocycles. The second-order valence-electron chi connectivity index (χ2n) is 5.88. The summed E-state index contributed by atoms with van der Waals surface area (Å²) in [5.74, 6) is 0. The highest BCUT2D eigenvalue weighted by Gasteiger charge is 2.19. The van der Waals surface area contributed by atoms with Crippen LogP contribution in [0.25, 0.3) is 0 Å². The van der Waals surface area contributed by atoms with Gasteiger partial charge in [0, 0.05) is 38.3 Å². The van der Waals surface area contributed by atoms with Crippen LogP contribution in [0.2, 0.25) is 0 Å². The van der Waals surface area contributed by atoms with Gasteiger partial charge in [0.2, 0.25) is 0 Å². The minimum absolute atomic E-state index is 0.116. The third-order valence-electron chi connectivity index (χ3n) is 3.95. The summed E-state index contributed by atoms with van der Waals surface area (Å²) in [5.41, 5.74) is 2.85. The number of aromatic nitrogens is 2. The van der Waals surface area contributed by atoms with E-state index in [1.807, 2.05) is 44.2 Å². The first kappa shape index (κ1) is 18.9. The van der Waals surface area contributed by atoms with Crippen LogP contribution < -0.4 is 5.32 Å². The molecular weight excluding hydrogens is 316 g/mol. The van der Waals surface area contributed by atoms with Crippen molar-refractivity contribution in [2.45, 2.75) is 32.9 Å². The number of rotatable bonds is 8. The van der Waals surface area contributed by atoms with Gasteiger partial charge in [-0.15, -0.1) is 0 Å². The van der Waals surface area contributed by atoms with Crippen LogP contribution in [-0.4, -0.2) is 41.2 Å². The molecule has 0 radical (unpaired) electrons. The molecular formula is C19H26N4O2. The largest absolute Gasteiger partial charge is 0.383 e. The number of carbonyl (C=O) groups excluding carboxylic acids is 1. The molecule has 1 atom stereocenters. The van der Waals surface area contributed by atoms with Crippen LogP contribution in [0.3, 0.4) is 0 Å². The van der Waals surface area contributed by atoms with Crippen LogP contribution >= 0.6 is 0 Å². The number of nitrogens with one attached hydrogen (secondary N) is 1. The first-order valence-electron chi connectivity index (χ1n) is 8.51. The van der Waals surface area contributed by atoms with Crippen LogP contribution in [0, 0.1) is 6.92 Å². The lowest BCUT2D eigenvalue weighted by molar-refractivity contribution is 0.144. The predicted octanol–water partition coefficient (Wildman–Crippen LogP) is 3.09. The molecule has 0 aliphatic carbocycles. The van der Waals surface area contributed by atoms with E-state index in [2.05, 4.69) is 15.3 Å². The fourth-order valence-electron chi connectivity index (χ4n) is 2.55. The Balaban J connectivity index is 2.08. The van der Waals surface area contributed by atoms with Crippen LogP contribution in [0.5, 0.6) is 0 Å². The minimum atomic E-state index is -0.121. The van der Waals surface area contributed by atoms with Gasteiger partial charge in [-0.3, -0.25) is 9.97 Å². The number of nitrogens with zero attached hydrogens (tertiary/aromatic N) is 3. The molecule has 2 aromatic heterocycles. The predicted molar refractivity (Wildman–Crippen MR) is 97.1 cm³/mol. The van der Waals surface area contributed by atoms with Crippen LogP contribution in [0.1, 0.15) is 36.3 Å². The van der Waals surface area contributed by atoms with E-state index < -0.39 is 0 Å². The Hall–Kier alpha value is -2.47. The number of carbonyl (C=O) groups is 1. The number of ether oxygens (including phenoxy) is 1. The molecule has 2 rings (SSSR count). The van der Waals surface area contributed by atoms with Crippen molar-refractivity contribution in [2.75, 3.05) is 20.3 Å². The Morgan fingerprint density at radius 2 is 2.04 bits per heavy atom. The zero-order valence-electron chi connectivity index (χ0n) is 15.1. The molecule has 0 saturated heterocycles. The summed E-state index contributed by atoms with van der Waals surface area (Å²) in [6, 6.07) is 9.44. The highest BCUT2D eigenvalue weighted by molar-refractivity contribution is 5.74. The zero-order chi connectivity index (χ0) is 18.1. The molecule has 2 heterocycles.